The van der Waals surface area contributed by atoms with Crippen LogP contribution in [-0.4, -0.2) is 24.1 Å². The summed E-state index contributed by atoms with van der Waals surface area (Å²) < 4.78 is 3.79. The van der Waals surface area contributed by atoms with Crippen LogP contribution in [0.4, 0.5) is 0 Å². The van der Waals surface area contributed by atoms with E-state index in [-0.39, 0.29) is 5.56 Å². The first-order chi connectivity index (χ1) is 24.3. The molecule has 0 unspecified atom stereocenters. The van der Waals surface area contributed by atoms with Gasteiger partial charge in [0.25, 0.3) is 0 Å². The number of hydrogen-bond acceptors (Lipinski definition) is 8. The lowest BCUT2D eigenvalue weighted by atomic mass is 10.0. The third kappa shape index (κ3) is 4.41. The Hall–Kier alpha value is -7.84. The Balaban J connectivity index is 1.61. The van der Waals surface area contributed by atoms with Crippen molar-refractivity contribution in [1.82, 2.24) is 24.1 Å². The molecule has 8 aromatic rings. The standard InChI is InChI=1S/C40H20N10/c1-22-46-23(2)48-40(47-22)28-15-38(49-34-11-24(17-41)3-7-29(34)30-8-4-25(18-42)12-35(30)49)33(21-45)39(16-28)50-36-13-26(19-43)5-9-31(36)32-10-6-27(20-44)14-37(32)50/h3-16H,1-2H3. The maximum absolute atomic E-state index is 11.1. The fraction of sp³-hybridized carbons (Fsp3) is 0.0500. The number of aromatic nitrogens is 5. The van der Waals surface area contributed by atoms with Crippen LogP contribution in [0.5, 0.6) is 0 Å². The van der Waals surface area contributed by atoms with Crippen molar-refractivity contribution in [2.75, 3.05) is 0 Å². The summed E-state index contributed by atoms with van der Waals surface area (Å²) in [4.78, 5) is 13.7. The molecule has 0 amide bonds. The molecule has 0 aliphatic carbocycles. The monoisotopic (exact) mass is 640 g/mol. The van der Waals surface area contributed by atoms with Crippen LogP contribution >= 0.6 is 0 Å². The Morgan fingerprint density at radius 1 is 0.440 bits per heavy atom. The largest absolute Gasteiger partial charge is 0.308 e. The second-order valence-corrected chi connectivity index (χ2v) is 11.8. The minimum atomic E-state index is 0.267. The van der Waals surface area contributed by atoms with Crippen LogP contribution in [0, 0.1) is 70.5 Å². The molecular weight excluding hydrogens is 621 g/mol. The van der Waals surface area contributed by atoms with Gasteiger partial charge in [-0.25, -0.2) is 15.0 Å². The topological polar surface area (TPSA) is 167 Å². The summed E-state index contributed by atoms with van der Waals surface area (Å²) in [5.74, 6) is 1.42. The SMILES string of the molecule is Cc1nc(C)nc(-c2cc(-n3c4cc(C#N)ccc4c4ccc(C#N)cc43)c(C#N)c(-n3c4cc(C#N)ccc4c4ccc(C#N)cc43)c2)n1. The van der Waals surface area contributed by atoms with Gasteiger partial charge < -0.3 is 9.13 Å². The van der Waals surface area contributed by atoms with Crippen molar-refractivity contribution >= 4 is 43.6 Å². The maximum Gasteiger partial charge on any atom is 0.163 e. The zero-order valence-electron chi connectivity index (χ0n) is 26.6. The first-order valence-electron chi connectivity index (χ1n) is 15.4. The van der Waals surface area contributed by atoms with Crippen molar-refractivity contribution < 1.29 is 0 Å². The van der Waals surface area contributed by atoms with Gasteiger partial charge in [-0.1, -0.05) is 24.3 Å². The van der Waals surface area contributed by atoms with Crippen LogP contribution in [0.25, 0.3) is 66.4 Å². The van der Waals surface area contributed by atoms with E-state index in [0.29, 0.717) is 78.7 Å². The molecule has 50 heavy (non-hydrogen) atoms. The Bertz CT molecular complexity index is 2680. The second-order valence-electron chi connectivity index (χ2n) is 11.8. The normalized spacial score (nSPS) is 10.9. The third-order valence-electron chi connectivity index (χ3n) is 8.86. The van der Waals surface area contributed by atoms with E-state index in [0.717, 1.165) is 21.5 Å². The predicted octanol–water partition coefficient (Wildman–Crippen LogP) is 7.71. The van der Waals surface area contributed by atoms with Gasteiger partial charge in [0.05, 0.1) is 80.0 Å². The van der Waals surface area contributed by atoms with Crippen molar-refractivity contribution in [1.29, 1.82) is 26.3 Å². The highest BCUT2D eigenvalue weighted by Crippen LogP contribution is 2.40. The molecule has 3 aromatic heterocycles. The quantitative estimate of drug-likeness (QED) is 0.189. The number of benzene rings is 5. The number of hydrogen-bond donors (Lipinski definition) is 0. The molecule has 0 spiro atoms. The zero-order valence-corrected chi connectivity index (χ0v) is 26.6. The minimum Gasteiger partial charge on any atom is -0.308 e. The van der Waals surface area contributed by atoms with Crippen LogP contribution in [0.15, 0.2) is 84.9 Å². The van der Waals surface area contributed by atoms with Gasteiger partial charge in [0.1, 0.15) is 23.3 Å². The first kappa shape index (κ1) is 29.6. The average molecular weight is 641 g/mol. The van der Waals surface area contributed by atoms with Crippen LogP contribution in [-0.2, 0) is 0 Å². The zero-order chi connectivity index (χ0) is 34.7. The number of rotatable bonds is 3. The Morgan fingerprint density at radius 2 is 0.780 bits per heavy atom. The van der Waals surface area contributed by atoms with Gasteiger partial charge in [-0.05, 0) is 74.5 Å². The summed E-state index contributed by atoms with van der Waals surface area (Å²) in [5, 5.41) is 54.0. The molecule has 0 saturated carbocycles. The molecule has 5 aromatic carbocycles. The number of nitriles is 5. The van der Waals surface area contributed by atoms with Gasteiger partial charge in [0.2, 0.25) is 0 Å². The minimum absolute atomic E-state index is 0.267. The van der Waals surface area contributed by atoms with Crippen LogP contribution in [0.3, 0.4) is 0 Å². The van der Waals surface area contributed by atoms with Crippen molar-refractivity contribution in [2.45, 2.75) is 13.8 Å². The van der Waals surface area contributed by atoms with Crippen LogP contribution in [0.1, 0.15) is 39.5 Å². The van der Waals surface area contributed by atoms with Gasteiger partial charge in [-0.3, -0.25) is 0 Å². The average Bonchev–Trinajstić information content (AvgIpc) is 3.64. The van der Waals surface area contributed by atoms with Crippen LogP contribution in [0.2, 0.25) is 0 Å². The van der Waals surface area contributed by atoms with Gasteiger partial charge in [0.15, 0.2) is 5.82 Å². The van der Waals surface area contributed by atoms with E-state index in [4.69, 9.17) is 0 Å². The lowest BCUT2D eigenvalue weighted by molar-refractivity contribution is 0.927. The molecule has 0 aliphatic rings. The van der Waals surface area contributed by atoms with E-state index in [1.165, 1.54) is 0 Å². The Labute approximate surface area is 284 Å². The van der Waals surface area contributed by atoms with Gasteiger partial charge >= 0.3 is 0 Å². The molecule has 0 saturated heterocycles. The number of aryl methyl sites for hydroxylation is 2. The predicted molar refractivity (Wildman–Crippen MR) is 187 cm³/mol. The van der Waals surface area contributed by atoms with E-state index in [9.17, 15) is 26.3 Å². The summed E-state index contributed by atoms with van der Waals surface area (Å²) in [6.07, 6.45) is 0. The fourth-order valence-corrected chi connectivity index (χ4v) is 6.79. The first-order valence-corrected chi connectivity index (χ1v) is 15.4. The summed E-state index contributed by atoms with van der Waals surface area (Å²) in [7, 11) is 0. The van der Waals surface area contributed by atoms with Crippen molar-refractivity contribution in [3.05, 3.63) is 124 Å². The van der Waals surface area contributed by atoms with E-state index in [2.05, 4.69) is 45.3 Å². The molecule has 8 rings (SSSR count). The van der Waals surface area contributed by atoms with E-state index in [1.807, 2.05) is 45.5 Å². The molecule has 0 atom stereocenters. The number of fused-ring (bicyclic) bond motifs is 6. The summed E-state index contributed by atoms with van der Waals surface area (Å²) in [6, 6.07) is 36.5. The van der Waals surface area contributed by atoms with E-state index in [1.54, 1.807) is 62.4 Å². The Morgan fingerprint density at radius 3 is 1.08 bits per heavy atom. The van der Waals surface area contributed by atoms with Crippen LogP contribution < -0.4 is 0 Å². The molecular formula is C40H20N10. The summed E-state index contributed by atoms with van der Waals surface area (Å²) >= 11 is 0. The molecule has 0 fully saturated rings. The molecule has 0 aliphatic heterocycles. The smallest absolute Gasteiger partial charge is 0.163 e. The lowest BCUT2D eigenvalue weighted by Crippen LogP contribution is -2.07. The molecule has 10 heteroatoms. The second kappa shape index (κ2) is 11.2. The van der Waals surface area contributed by atoms with E-state index < -0.39 is 0 Å². The molecule has 3 heterocycles. The van der Waals surface area contributed by atoms with Gasteiger partial charge in [-0.2, -0.15) is 26.3 Å². The molecule has 0 bridgehead atoms. The van der Waals surface area contributed by atoms with Gasteiger partial charge in [-0.15, -0.1) is 0 Å². The lowest BCUT2D eigenvalue weighted by Gasteiger charge is -2.18. The molecule has 0 radical (unpaired) electrons. The highest BCUT2D eigenvalue weighted by atomic mass is 15.0. The summed E-state index contributed by atoms with van der Waals surface area (Å²) in [5.41, 5.74) is 6.13. The van der Waals surface area contributed by atoms with Gasteiger partial charge in [0, 0.05) is 27.1 Å². The van der Waals surface area contributed by atoms with Crippen molar-refractivity contribution in [2.24, 2.45) is 0 Å². The maximum atomic E-state index is 11.1. The third-order valence-corrected chi connectivity index (χ3v) is 8.86. The summed E-state index contributed by atoms with van der Waals surface area (Å²) in [6.45, 7) is 3.56. The molecule has 230 valence electrons. The fourth-order valence-electron chi connectivity index (χ4n) is 6.79. The molecule has 0 N–H and O–H groups in total. The Kier molecular flexibility index (Phi) is 6.59. The number of nitrogens with zero attached hydrogens (tertiary/aromatic N) is 10. The highest BCUT2D eigenvalue weighted by Gasteiger charge is 2.24. The molecule has 10 nitrogen and oxygen atoms in total. The van der Waals surface area contributed by atoms with Crippen molar-refractivity contribution in [3.63, 3.8) is 0 Å². The van der Waals surface area contributed by atoms with E-state index >= 15 is 0 Å². The highest BCUT2D eigenvalue weighted by molar-refractivity contribution is 6.12. The van der Waals surface area contributed by atoms with Crippen molar-refractivity contribution in [3.8, 4) is 53.1 Å².